The van der Waals surface area contributed by atoms with Gasteiger partial charge in [0.1, 0.15) is 0 Å². The van der Waals surface area contributed by atoms with Crippen molar-refractivity contribution in [1.29, 1.82) is 0 Å². The van der Waals surface area contributed by atoms with Crippen LogP contribution in [0.4, 0.5) is 57.1 Å². The van der Waals surface area contributed by atoms with Crippen LogP contribution < -0.4 is 0 Å². The molecule has 1 nitrogen and oxygen atoms in total. The highest BCUT2D eigenvalue weighted by atomic mass is 19.4. The van der Waals surface area contributed by atoms with E-state index in [1.165, 1.54) is 19.1 Å². The van der Waals surface area contributed by atoms with Crippen molar-refractivity contribution < 1.29 is 61.8 Å². The summed E-state index contributed by atoms with van der Waals surface area (Å²) in [5, 5.41) is 0. The first kappa shape index (κ1) is 26.3. The van der Waals surface area contributed by atoms with Gasteiger partial charge >= 0.3 is 35.8 Å². The molecule has 1 aromatic carbocycles. The van der Waals surface area contributed by atoms with Gasteiger partial charge in [-0.05, 0) is 12.5 Å². The molecule has 1 atom stereocenters. The molecule has 1 unspecified atom stereocenters. The van der Waals surface area contributed by atoms with Crippen LogP contribution in [-0.2, 0) is 4.74 Å². The van der Waals surface area contributed by atoms with Crippen molar-refractivity contribution in [3.8, 4) is 0 Å². The molecule has 0 saturated heterocycles. The van der Waals surface area contributed by atoms with Gasteiger partial charge in [0.25, 0.3) is 0 Å². The van der Waals surface area contributed by atoms with Crippen molar-refractivity contribution in [1.82, 2.24) is 0 Å². The summed E-state index contributed by atoms with van der Waals surface area (Å²) in [4.78, 5) is 0. The van der Waals surface area contributed by atoms with Crippen LogP contribution in [0.15, 0.2) is 24.3 Å². The van der Waals surface area contributed by atoms with Crippen LogP contribution in [0.1, 0.15) is 23.7 Å². The fourth-order valence-electron chi connectivity index (χ4n) is 2.28. The Kier molecular flexibility index (Phi) is 6.80. The summed E-state index contributed by atoms with van der Waals surface area (Å²) in [5.41, 5.74) is 0.250. The number of aryl methyl sites for hydroxylation is 1. The monoisotopic (exact) mass is 468 g/mol. The van der Waals surface area contributed by atoms with E-state index >= 15 is 0 Å². The van der Waals surface area contributed by atoms with Crippen LogP contribution >= 0.6 is 0 Å². The zero-order valence-corrected chi connectivity index (χ0v) is 14.9. The lowest BCUT2D eigenvalue weighted by molar-refractivity contribution is -0.440. The van der Waals surface area contributed by atoms with Gasteiger partial charge in [-0.1, -0.05) is 29.8 Å². The Balaban J connectivity index is 3.38. The second kappa shape index (κ2) is 7.75. The largest absolute Gasteiger partial charge is 0.460 e. The third-order valence-electron chi connectivity index (χ3n) is 4.17. The second-order valence-electron chi connectivity index (χ2n) is 6.34. The van der Waals surface area contributed by atoms with Gasteiger partial charge in [0.15, 0.2) is 0 Å². The molecule has 0 saturated carbocycles. The molecule has 0 heterocycles. The topological polar surface area (TPSA) is 9.23 Å². The van der Waals surface area contributed by atoms with Crippen molar-refractivity contribution in [3.63, 3.8) is 0 Å². The number of hydrogen-bond donors (Lipinski definition) is 0. The average molecular weight is 468 g/mol. The van der Waals surface area contributed by atoms with E-state index in [9.17, 15) is 57.1 Å². The summed E-state index contributed by atoms with van der Waals surface area (Å²) in [5.74, 6) is -36.9. The Morgan fingerprint density at radius 2 is 1.07 bits per heavy atom. The Labute approximate surface area is 160 Å². The molecule has 0 amide bonds. The summed E-state index contributed by atoms with van der Waals surface area (Å²) in [6.07, 6.45) is -12.0. The first-order valence-electron chi connectivity index (χ1n) is 7.72. The van der Waals surface area contributed by atoms with Gasteiger partial charge in [0.2, 0.25) is 0 Å². The molecule has 0 aliphatic rings. The summed E-state index contributed by atoms with van der Waals surface area (Å²) >= 11 is 0. The van der Waals surface area contributed by atoms with Gasteiger partial charge in [-0.25, -0.2) is 0 Å². The van der Waals surface area contributed by atoms with Crippen LogP contribution in [-0.4, -0.2) is 42.9 Å². The van der Waals surface area contributed by atoms with Gasteiger partial charge in [0.05, 0.1) is 6.10 Å². The molecule has 0 fully saturated rings. The lowest BCUT2D eigenvalue weighted by atomic mass is 9.90. The number of benzene rings is 1. The van der Waals surface area contributed by atoms with E-state index in [2.05, 4.69) is 4.74 Å². The maximum Gasteiger partial charge on any atom is 0.460 e. The molecule has 0 radical (unpaired) electrons. The molecule has 0 bridgehead atoms. The summed E-state index contributed by atoms with van der Waals surface area (Å²) < 4.78 is 175. The Bertz CT molecular complexity index is 722. The van der Waals surface area contributed by atoms with Crippen LogP contribution in [0.2, 0.25) is 0 Å². The summed E-state index contributed by atoms with van der Waals surface area (Å²) in [7, 11) is 0.670. The predicted octanol–water partition coefficient (Wildman–Crippen LogP) is 6.81. The molecule has 0 N–H and O–H groups in total. The summed E-state index contributed by atoms with van der Waals surface area (Å²) in [6, 6.07) is 4.62. The zero-order valence-electron chi connectivity index (χ0n) is 14.9. The number of alkyl halides is 13. The highest BCUT2D eigenvalue weighted by molar-refractivity contribution is 5.24. The molecular weight excluding hydrogens is 455 g/mol. The van der Waals surface area contributed by atoms with Gasteiger partial charge < -0.3 is 4.74 Å². The third-order valence-corrected chi connectivity index (χ3v) is 4.17. The predicted molar refractivity (Wildman–Crippen MR) is 76.3 cm³/mol. The highest BCUT2D eigenvalue weighted by Gasteiger charge is 2.90. The Morgan fingerprint density at radius 1 is 0.667 bits per heavy atom. The SMILES string of the molecule is COC(CC(F)(F)C(F)(F)C(F)(F)C(F)(F)C(F)(F)C(F)(F)F)c1ccc(C)cc1. The smallest absolute Gasteiger partial charge is 0.377 e. The fraction of sp³-hybridized carbons (Fsp3) is 0.625. The third kappa shape index (κ3) is 4.06. The van der Waals surface area contributed by atoms with E-state index in [0.29, 0.717) is 12.7 Å². The molecule has 0 aromatic heterocycles. The molecule has 1 aromatic rings. The average Bonchev–Trinajstić information content (AvgIpc) is 2.58. The van der Waals surface area contributed by atoms with Crippen LogP contribution in [0.25, 0.3) is 0 Å². The first-order chi connectivity index (χ1) is 13.2. The lowest BCUT2D eigenvalue weighted by Gasteiger charge is -2.40. The normalized spacial score (nSPS) is 16.0. The number of halogens is 13. The van der Waals surface area contributed by atoms with Crippen molar-refractivity contribution in [2.24, 2.45) is 0 Å². The van der Waals surface area contributed by atoms with Crippen molar-refractivity contribution >= 4 is 0 Å². The van der Waals surface area contributed by atoms with Gasteiger partial charge in [-0.15, -0.1) is 0 Å². The van der Waals surface area contributed by atoms with Crippen LogP contribution in [0, 0.1) is 6.92 Å². The molecule has 174 valence electrons. The molecular formula is C16H13F13O. The van der Waals surface area contributed by atoms with Gasteiger partial charge in [0, 0.05) is 13.5 Å². The van der Waals surface area contributed by atoms with E-state index < -0.39 is 48.3 Å². The Hall–Kier alpha value is -1.73. The second-order valence-corrected chi connectivity index (χ2v) is 6.34. The lowest BCUT2D eigenvalue weighted by Crippen LogP contribution is -2.70. The molecule has 0 aliphatic heterocycles. The fourth-order valence-corrected chi connectivity index (χ4v) is 2.28. The molecule has 14 heteroatoms. The van der Waals surface area contributed by atoms with Crippen molar-refractivity contribution in [2.45, 2.75) is 55.2 Å². The van der Waals surface area contributed by atoms with E-state index in [0.717, 1.165) is 12.1 Å². The number of ether oxygens (including phenoxy) is 1. The van der Waals surface area contributed by atoms with E-state index in [1.54, 1.807) is 0 Å². The van der Waals surface area contributed by atoms with Crippen molar-refractivity contribution in [2.75, 3.05) is 7.11 Å². The first-order valence-corrected chi connectivity index (χ1v) is 7.72. The van der Waals surface area contributed by atoms with E-state index in [1.807, 2.05) is 0 Å². The zero-order chi connectivity index (χ0) is 24.0. The number of hydrogen-bond acceptors (Lipinski definition) is 1. The quantitative estimate of drug-likeness (QED) is 0.381. The standard InChI is InChI=1S/C16H13F13O/c1-8-3-5-9(6-4-8)10(30-2)7-11(17,18)12(19,20)13(21,22)14(23,24)15(25,26)16(27,28)29/h3-6,10H,7H2,1-2H3. The van der Waals surface area contributed by atoms with Gasteiger partial charge in [-0.2, -0.15) is 57.1 Å². The minimum Gasteiger partial charge on any atom is -0.377 e. The molecule has 1 rings (SSSR count). The molecule has 0 spiro atoms. The highest BCUT2D eigenvalue weighted by Crippen LogP contribution is 2.61. The molecule has 30 heavy (non-hydrogen) atoms. The summed E-state index contributed by atoms with van der Waals surface area (Å²) in [6.45, 7) is 1.53. The van der Waals surface area contributed by atoms with Crippen LogP contribution in [0.5, 0.6) is 0 Å². The van der Waals surface area contributed by atoms with Crippen molar-refractivity contribution in [3.05, 3.63) is 35.4 Å². The van der Waals surface area contributed by atoms with E-state index in [4.69, 9.17) is 0 Å². The number of methoxy groups -OCH3 is 1. The minimum absolute atomic E-state index is 0.297. The maximum absolute atomic E-state index is 13.9. The van der Waals surface area contributed by atoms with Gasteiger partial charge in [-0.3, -0.25) is 0 Å². The number of rotatable bonds is 8. The maximum atomic E-state index is 13.9. The molecule has 0 aliphatic carbocycles. The van der Waals surface area contributed by atoms with E-state index in [-0.39, 0.29) is 5.56 Å². The van der Waals surface area contributed by atoms with Crippen LogP contribution in [0.3, 0.4) is 0 Å². The Morgan fingerprint density at radius 3 is 1.43 bits per heavy atom. The minimum atomic E-state index is -7.91.